The fraction of sp³-hybridized carbons (Fsp3) is 0.560. The monoisotopic (exact) mass is 539 g/mol. The van der Waals surface area contributed by atoms with E-state index in [0.717, 1.165) is 13.0 Å². The van der Waals surface area contributed by atoms with E-state index in [1.54, 1.807) is 20.8 Å². The molecule has 0 bridgehead atoms. The Morgan fingerprint density at radius 2 is 1.78 bits per heavy atom. The summed E-state index contributed by atoms with van der Waals surface area (Å²) in [6, 6.07) is 0.590. The normalized spacial score (nSPS) is 22.8. The van der Waals surface area contributed by atoms with E-state index in [1.807, 2.05) is 0 Å². The second-order valence-corrected chi connectivity index (χ2v) is 11.9. The van der Waals surface area contributed by atoms with Crippen LogP contribution in [-0.4, -0.2) is 39.8 Å². The number of hydrogen-bond acceptors (Lipinski definition) is 4. The molecule has 0 aromatic heterocycles. The van der Waals surface area contributed by atoms with Gasteiger partial charge in [-0.1, -0.05) is 0 Å². The summed E-state index contributed by atoms with van der Waals surface area (Å²) in [6.45, 7) is 9.74. The van der Waals surface area contributed by atoms with Gasteiger partial charge in [-0.05, 0) is 88.9 Å². The Bertz CT molecular complexity index is 1060. The molecule has 4 nitrogen and oxygen atoms in total. The molecule has 2 rings (SSSR count). The minimum Gasteiger partial charge on any atom is -0.598 e. The molecule has 1 aromatic carbocycles. The highest BCUT2D eigenvalue weighted by Gasteiger charge is 2.55. The van der Waals surface area contributed by atoms with Crippen LogP contribution < -0.4 is 4.72 Å². The first-order valence-corrected chi connectivity index (χ1v) is 12.5. The molecule has 1 aliphatic rings. The number of aryl methyl sites for hydroxylation is 2. The van der Waals surface area contributed by atoms with Crippen LogP contribution in [0.4, 0.5) is 26.3 Å². The van der Waals surface area contributed by atoms with Crippen LogP contribution in [0.5, 0.6) is 0 Å². The lowest BCUT2D eigenvalue weighted by Gasteiger charge is -2.41. The van der Waals surface area contributed by atoms with Crippen molar-refractivity contribution in [1.82, 2.24) is 4.72 Å². The van der Waals surface area contributed by atoms with Crippen LogP contribution in [0.25, 0.3) is 5.57 Å². The average Bonchev–Trinajstić information content (AvgIpc) is 2.69. The van der Waals surface area contributed by atoms with Gasteiger partial charge < -0.3 is 9.29 Å². The lowest BCUT2D eigenvalue weighted by atomic mass is 9.70. The molecular formula is C25H31F6NO3S. The number of hydrogen-bond donors (Lipinski definition) is 1. The Hall–Kier alpha value is -1.98. The van der Waals surface area contributed by atoms with Crippen molar-refractivity contribution in [3.63, 3.8) is 0 Å². The molecule has 0 heterocycles. The maximum absolute atomic E-state index is 16.6. The fourth-order valence-electron chi connectivity index (χ4n) is 4.05. The predicted octanol–water partition coefficient (Wildman–Crippen LogP) is 6.34. The van der Waals surface area contributed by atoms with Crippen LogP contribution in [-0.2, 0) is 20.9 Å². The zero-order chi connectivity index (χ0) is 27.8. The minimum absolute atomic E-state index is 0.0371. The third-order valence-corrected chi connectivity index (χ3v) is 7.57. The van der Waals surface area contributed by atoms with Crippen molar-refractivity contribution in [3.05, 3.63) is 52.1 Å². The van der Waals surface area contributed by atoms with Gasteiger partial charge in [0.15, 0.2) is 0 Å². The Morgan fingerprint density at radius 1 is 1.19 bits per heavy atom. The fourth-order valence-corrected chi connectivity index (χ4v) is 4.90. The van der Waals surface area contributed by atoms with Crippen molar-refractivity contribution >= 4 is 22.9 Å². The maximum Gasteiger partial charge on any atom is 0.418 e. The number of ether oxygens (including phenoxy) is 1. The Balaban J connectivity index is 2.80. The van der Waals surface area contributed by atoms with E-state index in [9.17, 15) is 26.9 Å². The van der Waals surface area contributed by atoms with E-state index in [2.05, 4.69) is 4.72 Å². The van der Waals surface area contributed by atoms with Crippen LogP contribution in [0.2, 0.25) is 0 Å². The molecule has 202 valence electrons. The van der Waals surface area contributed by atoms with Gasteiger partial charge in [0.2, 0.25) is 0 Å². The Morgan fingerprint density at radius 3 is 2.28 bits per heavy atom. The molecule has 0 spiro atoms. The van der Waals surface area contributed by atoms with Gasteiger partial charge >= 0.3 is 12.1 Å². The second kappa shape index (κ2) is 10.8. The van der Waals surface area contributed by atoms with Gasteiger partial charge in [-0.3, -0.25) is 4.79 Å². The van der Waals surface area contributed by atoms with Crippen LogP contribution >= 0.6 is 0 Å². The molecule has 0 fully saturated rings. The molecule has 0 saturated heterocycles. The Kier molecular flexibility index (Phi) is 9.06. The van der Waals surface area contributed by atoms with Gasteiger partial charge in [-0.2, -0.15) is 13.2 Å². The highest BCUT2D eigenvalue weighted by atomic mass is 32.2. The number of carbonyl (C=O) groups is 1. The molecular weight excluding hydrogens is 508 g/mol. The first kappa shape index (κ1) is 30.2. The van der Waals surface area contributed by atoms with Gasteiger partial charge in [0.25, 0.3) is 0 Å². The third-order valence-electron chi connectivity index (χ3n) is 5.94. The molecule has 1 aliphatic carbocycles. The summed E-state index contributed by atoms with van der Waals surface area (Å²) in [4.78, 5) is 12.3. The molecule has 1 aromatic rings. The summed E-state index contributed by atoms with van der Waals surface area (Å²) in [7, 11) is 0. The summed E-state index contributed by atoms with van der Waals surface area (Å²) < 4.78 is 107. The molecule has 3 unspecified atom stereocenters. The smallest absolute Gasteiger partial charge is 0.418 e. The summed E-state index contributed by atoms with van der Waals surface area (Å²) >= 11 is -2.00. The first-order valence-electron chi connectivity index (χ1n) is 11.3. The van der Waals surface area contributed by atoms with Crippen molar-refractivity contribution in [2.24, 2.45) is 5.92 Å². The van der Waals surface area contributed by atoms with Crippen LogP contribution in [0.3, 0.4) is 0 Å². The van der Waals surface area contributed by atoms with Gasteiger partial charge in [-0.25, -0.2) is 13.2 Å². The van der Waals surface area contributed by atoms with E-state index >= 15 is 8.78 Å². The second-order valence-electron chi connectivity index (χ2n) is 9.90. The van der Waals surface area contributed by atoms with Gasteiger partial charge in [0.05, 0.1) is 30.6 Å². The van der Waals surface area contributed by atoms with Gasteiger partial charge in [0.1, 0.15) is 22.1 Å². The van der Waals surface area contributed by atoms with E-state index in [1.165, 1.54) is 26.8 Å². The number of alkyl halides is 4. The number of rotatable bonds is 7. The number of halogens is 6. The van der Waals surface area contributed by atoms with E-state index in [0.29, 0.717) is 6.08 Å². The van der Waals surface area contributed by atoms with Crippen LogP contribution in [0.1, 0.15) is 57.7 Å². The summed E-state index contributed by atoms with van der Waals surface area (Å²) in [5.41, 5.74) is -4.91. The maximum atomic E-state index is 16.6. The van der Waals surface area contributed by atoms with E-state index in [-0.39, 0.29) is 23.3 Å². The molecule has 0 aliphatic heterocycles. The first-order chi connectivity index (χ1) is 16.3. The quantitative estimate of drug-likeness (QED) is 0.250. The van der Waals surface area contributed by atoms with Crippen LogP contribution in [0.15, 0.2) is 29.6 Å². The largest absolute Gasteiger partial charge is 0.598 e. The summed E-state index contributed by atoms with van der Waals surface area (Å²) in [5.74, 6) is -5.59. The van der Waals surface area contributed by atoms with Crippen molar-refractivity contribution in [3.8, 4) is 0 Å². The number of nitrogens with one attached hydrogen (secondary N) is 1. The van der Waals surface area contributed by atoms with E-state index < -0.39 is 75.1 Å². The third kappa shape index (κ3) is 6.47. The van der Waals surface area contributed by atoms with Crippen molar-refractivity contribution < 1.29 is 40.4 Å². The zero-order valence-electron chi connectivity index (χ0n) is 21.2. The molecule has 36 heavy (non-hydrogen) atoms. The van der Waals surface area contributed by atoms with Crippen LogP contribution in [0, 0.1) is 25.6 Å². The topological polar surface area (TPSA) is 61.4 Å². The lowest BCUT2D eigenvalue weighted by Crippen LogP contribution is -2.54. The van der Waals surface area contributed by atoms with Crippen molar-refractivity contribution in [2.45, 2.75) is 77.5 Å². The average molecular weight is 540 g/mol. The Labute approximate surface area is 210 Å². The number of allylic oxidation sites excluding steroid dienone is 3. The highest BCUT2D eigenvalue weighted by molar-refractivity contribution is 7.90. The van der Waals surface area contributed by atoms with Crippen molar-refractivity contribution in [2.75, 3.05) is 6.61 Å². The summed E-state index contributed by atoms with van der Waals surface area (Å²) in [5, 5.41) is 0. The number of esters is 1. The van der Waals surface area contributed by atoms with E-state index in [4.69, 9.17) is 4.74 Å². The number of benzene rings is 1. The summed E-state index contributed by atoms with van der Waals surface area (Å²) in [6.07, 6.45) is -5.56. The molecule has 11 heteroatoms. The van der Waals surface area contributed by atoms with Crippen molar-refractivity contribution in [1.29, 1.82) is 0 Å². The predicted molar refractivity (Wildman–Crippen MR) is 127 cm³/mol. The van der Waals surface area contributed by atoms with Gasteiger partial charge in [-0.15, -0.1) is 4.72 Å². The highest BCUT2D eigenvalue weighted by Crippen LogP contribution is 2.51. The minimum atomic E-state index is -5.20. The van der Waals surface area contributed by atoms with Gasteiger partial charge in [0, 0.05) is 11.4 Å². The molecule has 0 radical (unpaired) electrons. The molecule has 0 amide bonds. The molecule has 1 N–H and O–H groups in total. The molecule has 4 atom stereocenters. The molecule has 0 saturated carbocycles. The number of carbonyl (C=O) groups excluding carboxylic acids is 1. The SMILES string of the molecule is CCOC(=O)CC(N[S@+]([O-])C(C)(C)C)C1C(F)=C(C(F)(F)F)C=C(c2cc(C)c(F)cc2C)C1(C)F. The lowest BCUT2D eigenvalue weighted by molar-refractivity contribution is -0.144. The standard InChI is InChI=1S/C25H31F6NO3S/c1-8-35-20(33)12-19(32-36(34)23(4,5)6)21-22(27)17(25(29,30)31)11-16(24(21,7)28)15-9-14(3)18(26)10-13(15)2/h9-11,19,21,32H,8,12H2,1-7H3/t19?,21?,24?,36-/m1/s1. The zero-order valence-corrected chi connectivity index (χ0v) is 22.0.